The predicted octanol–water partition coefficient (Wildman–Crippen LogP) is 3.32. The average molecular weight is 380 g/mol. The molecule has 0 aliphatic heterocycles. The number of aryl methyl sites for hydroxylation is 3. The van der Waals surface area contributed by atoms with E-state index in [-0.39, 0.29) is 12.5 Å². The molecule has 0 bridgehead atoms. The summed E-state index contributed by atoms with van der Waals surface area (Å²) in [6.45, 7) is 8.75. The number of aliphatic hydroxyl groups is 1. The Morgan fingerprint density at radius 2 is 1.93 bits per heavy atom. The number of aromatic nitrogens is 2. The lowest BCUT2D eigenvalue weighted by Crippen LogP contribution is -2.33. The number of amides is 1. The molecule has 0 aliphatic rings. The molecule has 6 heteroatoms. The number of pyridine rings is 1. The molecular formula is C22H28N4O2. The molecule has 0 radical (unpaired) electrons. The number of nitrogens with one attached hydrogen (secondary N) is 1. The summed E-state index contributed by atoms with van der Waals surface area (Å²) < 4.78 is 1.97. The third-order valence-corrected chi connectivity index (χ3v) is 4.91. The van der Waals surface area contributed by atoms with Crippen LogP contribution in [0.25, 0.3) is 5.65 Å². The second-order valence-corrected chi connectivity index (χ2v) is 7.50. The van der Waals surface area contributed by atoms with Crippen LogP contribution >= 0.6 is 0 Å². The number of carbonyl (C=O) groups is 1. The van der Waals surface area contributed by atoms with Gasteiger partial charge in [-0.25, -0.2) is 4.98 Å². The van der Waals surface area contributed by atoms with Gasteiger partial charge < -0.3 is 15.3 Å². The minimum Gasteiger partial charge on any atom is -0.392 e. The first-order valence-electron chi connectivity index (χ1n) is 9.48. The van der Waals surface area contributed by atoms with Crippen molar-refractivity contribution in [2.24, 2.45) is 0 Å². The first-order valence-corrected chi connectivity index (χ1v) is 9.48. The van der Waals surface area contributed by atoms with Gasteiger partial charge in [-0.1, -0.05) is 18.2 Å². The maximum absolute atomic E-state index is 12.8. The van der Waals surface area contributed by atoms with Gasteiger partial charge in [0.15, 0.2) is 0 Å². The number of hydrogen-bond donors (Lipinski definition) is 2. The maximum atomic E-state index is 12.8. The number of anilines is 1. The van der Waals surface area contributed by atoms with Crippen LogP contribution in [0.3, 0.4) is 0 Å². The highest BCUT2D eigenvalue weighted by atomic mass is 16.3. The number of imidazole rings is 1. The van der Waals surface area contributed by atoms with Crippen molar-refractivity contribution in [2.75, 3.05) is 18.9 Å². The Morgan fingerprint density at radius 3 is 2.57 bits per heavy atom. The van der Waals surface area contributed by atoms with Gasteiger partial charge in [0.05, 0.1) is 11.8 Å². The van der Waals surface area contributed by atoms with Crippen molar-refractivity contribution >= 4 is 17.4 Å². The molecule has 0 spiro atoms. The molecule has 1 atom stereocenters. The third kappa shape index (κ3) is 4.17. The largest absolute Gasteiger partial charge is 0.392 e. The average Bonchev–Trinajstić information content (AvgIpc) is 3.00. The van der Waals surface area contributed by atoms with Gasteiger partial charge in [0.2, 0.25) is 0 Å². The van der Waals surface area contributed by atoms with E-state index in [0.717, 1.165) is 17.2 Å². The number of aliphatic hydroxyl groups excluding tert-OH is 1. The molecule has 1 amide bonds. The quantitative estimate of drug-likeness (QED) is 0.688. The van der Waals surface area contributed by atoms with Crippen LogP contribution in [0.5, 0.6) is 0 Å². The molecule has 0 aliphatic carbocycles. The number of nitrogens with zero attached hydrogens (tertiary/aromatic N) is 3. The molecule has 0 fully saturated rings. The van der Waals surface area contributed by atoms with Crippen LogP contribution in [0.4, 0.5) is 5.82 Å². The van der Waals surface area contributed by atoms with Crippen molar-refractivity contribution in [3.05, 3.63) is 64.5 Å². The molecule has 1 aromatic carbocycles. The van der Waals surface area contributed by atoms with Gasteiger partial charge in [0.1, 0.15) is 11.5 Å². The molecule has 3 rings (SSSR count). The van der Waals surface area contributed by atoms with Gasteiger partial charge in [-0.2, -0.15) is 0 Å². The Labute approximate surface area is 165 Å². The highest BCUT2D eigenvalue weighted by molar-refractivity contribution is 5.96. The van der Waals surface area contributed by atoms with Gasteiger partial charge in [-0.05, 0) is 56.5 Å². The second kappa shape index (κ2) is 8.02. The SMILES string of the molecule is Cc1cn2c(NCc3c(C)cccc3C)cc(C(=O)N(C)CC(C)O)cc2n1. The molecule has 0 saturated heterocycles. The molecular weight excluding hydrogens is 352 g/mol. The summed E-state index contributed by atoms with van der Waals surface area (Å²) >= 11 is 0. The van der Waals surface area contributed by atoms with Crippen molar-refractivity contribution in [3.8, 4) is 0 Å². The zero-order chi connectivity index (χ0) is 20.4. The van der Waals surface area contributed by atoms with Crippen molar-refractivity contribution < 1.29 is 9.90 Å². The summed E-state index contributed by atoms with van der Waals surface area (Å²) in [6, 6.07) is 9.90. The summed E-state index contributed by atoms with van der Waals surface area (Å²) in [5.41, 5.74) is 5.86. The molecule has 1 unspecified atom stereocenters. The van der Waals surface area contributed by atoms with Crippen LogP contribution in [0.2, 0.25) is 0 Å². The van der Waals surface area contributed by atoms with Gasteiger partial charge in [-0.3, -0.25) is 9.20 Å². The monoisotopic (exact) mass is 380 g/mol. The first-order chi connectivity index (χ1) is 13.3. The number of carbonyl (C=O) groups excluding carboxylic acids is 1. The summed E-state index contributed by atoms with van der Waals surface area (Å²) in [7, 11) is 1.69. The molecule has 3 aromatic rings. The molecule has 2 N–H and O–H groups in total. The minimum atomic E-state index is -0.576. The van der Waals surface area contributed by atoms with Crippen LogP contribution in [0.15, 0.2) is 36.5 Å². The van der Waals surface area contributed by atoms with E-state index in [1.807, 2.05) is 23.6 Å². The number of rotatable bonds is 6. The summed E-state index contributed by atoms with van der Waals surface area (Å²) in [5, 5.41) is 13.1. The zero-order valence-corrected chi connectivity index (χ0v) is 17.2. The standard InChI is InChI=1S/C22H28N4O2/c1-14-7-6-8-15(2)19(14)11-23-20-9-18(22(28)25(5)13-17(4)27)10-21-24-16(3)12-26(20)21/h6-10,12,17,23,27H,11,13H2,1-5H3. The Hall–Kier alpha value is -2.86. The molecule has 6 nitrogen and oxygen atoms in total. The van der Waals surface area contributed by atoms with E-state index in [4.69, 9.17) is 0 Å². The lowest BCUT2D eigenvalue weighted by atomic mass is 10.0. The van der Waals surface area contributed by atoms with E-state index >= 15 is 0 Å². The number of likely N-dealkylation sites (N-methyl/N-ethyl adjacent to an activating group) is 1. The van der Waals surface area contributed by atoms with Crippen LogP contribution in [0, 0.1) is 20.8 Å². The van der Waals surface area contributed by atoms with Gasteiger partial charge >= 0.3 is 0 Å². The van der Waals surface area contributed by atoms with E-state index in [0.29, 0.717) is 12.1 Å². The topological polar surface area (TPSA) is 69.9 Å². The van der Waals surface area contributed by atoms with Crippen LogP contribution < -0.4 is 5.32 Å². The smallest absolute Gasteiger partial charge is 0.253 e. The summed E-state index contributed by atoms with van der Waals surface area (Å²) in [5.74, 6) is 0.675. The lowest BCUT2D eigenvalue weighted by molar-refractivity contribution is 0.0704. The van der Waals surface area contributed by atoms with Gasteiger partial charge in [0, 0.05) is 31.9 Å². The van der Waals surface area contributed by atoms with E-state index < -0.39 is 6.10 Å². The number of hydrogen-bond acceptors (Lipinski definition) is 4. The second-order valence-electron chi connectivity index (χ2n) is 7.50. The zero-order valence-electron chi connectivity index (χ0n) is 17.2. The van der Waals surface area contributed by atoms with Crippen LogP contribution in [0.1, 0.15) is 39.7 Å². The van der Waals surface area contributed by atoms with Crippen molar-refractivity contribution in [1.82, 2.24) is 14.3 Å². The normalized spacial score (nSPS) is 12.2. The predicted molar refractivity (Wildman–Crippen MR) is 112 cm³/mol. The summed E-state index contributed by atoms with van der Waals surface area (Å²) in [6.07, 6.45) is 1.38. The van der Waals surface area contributed by atoms with E-state index in [2.05, 4.69) is 42.3 Å². The molecule has 148 valence electrons. The Kier molecular flexibility index (Phi) is 5.70. The van der Waals surface area contributed by atoms with Crippen molar-refractivity contribution in [1.29, 1.82) is 0 Å². The fraction of sp³-hybridized carbons (Fsp3) is 0.364. The highest BCUT2D eigenvalue weighted by Gasteiger charge is 2.17. The van der Waals surface area contributed by atoms with Gasteiger partial charge in [0.25, 0.3) is 5.91 Å². The lowest BCUT2D eigenvalue weighted by Gasteiger charge is -2.20. The number of fused-ring (bicyclic) bond motifs is 1. The summed E-state index contributed by atoms with van der Waals surface area (Å²) in [4.78, 5) is 18.9. The van der Waals surface area contributed by atoms with E-state index in [9.17, 15) is 9.90 Å². The molecule has 2 heterocycles. The molecule has 2 aromatic heterocycles. The molecule has 28 heavy (non-hydrogen) atoms. The maximum Gasteiger partial charge on any atom is 0.253 e. The highest BCUT2D eigenvalue weighted by Crippen LogP contribution is 2.21. The van der Waals surface area contributed by atoms with Crippen LogP contribution in [-0.4, -0.2) is 45.0 Å². The fourth-order valence-corrected chi connectivity index (χ4v) is 3.47. The Bertz CT molecular complexity index is 987. The third-order valence-electron chi connectivity index (χ3n) is 4.91. The Morgan fingerprint density at radius 1 is 1.25 bits per heavy atom. The number of benzene rings is 1. The Balaban J connectivity index is 1.95. The van der Waals surface area contributed by atoms with Crippen LogP contribution in [-0.2, 0) is 6.54 Å². The first kappa shape index (κ1) is 19.9. The van der Waals surface area contributed by atoms with Crippen molar-refractivity contribution in [2.45, 2.75) is 40.3 Å². The fourth-order valence-electron chi connectivity index (χ4n) is 3.47. The van der Waals surface area contributed by atoms with Crippen molar-refractivity contribution in [3.63, 3.8) is 0 Å². The van der Waals surface area contributed by atoms with E-state index in [1.165, 1.54) is 21.6 Å². The van der Waals surface area contributed by atoms with E-state index in [1.54, 1.807) is 20.0 Å². The molecule has 0 saturated carbocycles. The van der Waals surface area contributed by atoms with Gasteiger partial charge in [-0.15, -0.1) is 0 Å². The minimum absolute atomic E-state index is 0.140.